The van der Waals surface area contributed by atoms with E-state index in [1.165, 1.54) is 12.5 Å². The fraction of sp³-hybridized carbons (Fsp3) is 0.474. The van der Waals surface area contributed by atoms with Gasteiger partial charge in [-0.15, -0.1) is 0 Å². The lowest BCUT2D eigenvalue weighted by molar-refractivity contribution is -0.106. The average molecular weight is 343 g/mol. The molecule has 0 bridgehead atoms. The van der Waals surface area contributed by atoms with Crippen molar-refractivity contribution in [3.8, 4) is 16.9 Å². The van der Waals surface area contributed by atoms with Crippen molar-refractivity contribution in [1.29, 1.82) is 0 Å². The van der Waals surface area contributed by atoms with Gasteiger partial charge in [0.2, 0.25) is 0 Å². The van der Waals surface area contributed by atoms with Crippen LogP contribution in [0.2, 0.25) is 0 Å². The molecule has 5 nitrogen and oxygen atoms in total. The molecule has 1 saturated carbocycles. The van der Waals surface area contributed by atoms with Gasteiger partial charge in [-0.3, -0.25) is 5.10 Å². The zero-order valence-electron chi connectivity index (χ0n) is 14.3. The standard InChI is InChI=1S/C19H22FN3O2/c1-12-5-6-15-18(23(12)7-8-24)17(20)9-16(13-10-21-22-11-13)19(15)25-14-3-2-4-14/h8-12,14H,2-7H2,1H3,(H,21,22)/t12-/m0/s1. The summed E-state index contributed by atoms with van der Waals surface area (Å²) in [5.74, 6) is 0.450. The Morgan fingerprint density at radius 1 is 1.44 bits per heavy atom. The number of fused-ring (bicyclic) bond motifs is 1. The van der Waals surface area contributed by atoms with Crippen molar-refractivity contribution in [2.45, 2.75) is 51.2 Å². The molecule has 0 spiro atoms. The molecule has 4 rings (SSSR count). The van der Waals surface area contributed by atoms with Gasteiger partial charge in [-0.25, -0.2) is 4.39 Å². The summed E-state index contributed by atoms with van der Waals surface area (Å²) in [5, 5.41) is 6.78. The van der Waals surface area contributed by atoms with E-state index in [0.717, 1.165) is 54.4 Å². The van der Waals surface area contributed by atoms with Gasteiger partial charge < -0.3 is 14.4 Å². The van der Waals surface area contributed by atoms with Crippen LogP contribution in [0.5, 0.6) is 5.75 Å². The van der Waals surface area contributed by atoms with Crippen LogP contribution in [0.4, 0.5) is 10.1 Å². The van der Waals surface area contributed by atoms with Crippen LogP contribution in [0.15, 0.2) is 18.5 Å². The number of aldehydes is 1. The average Bonchev–Trinajstić information content (AvgIpc) is 3.09. The summed E-state index contributed by atoms with van der Waals surface area (Å²) in [4.78, 5) is 13.0. The van der Waals surface area contributed by atoms with Crippen molar-refractivity contribution in [2.24, 2.45) is 0 Å². The number of aromatic amines is 1. The first-order valence-corrected chi connectivity index (χ1v) is 8.90. The Morgan fingerprint density at radius 3 is 2.92 bits per heavy atom. The monoisotopic (exact) mass is 343 g/mol. The maximum absolute atomic E-state index is 15.0. The molecule has 2 aromatic rings. The lowest BCUT2D eigenvalue weighted by atomic mass is 9.91. The highest BCUT2D eigenvalue weighted by Crippen LogP contribution is 2.45. The predicted molar refractivity (Wildman–Crippen MR) is 93.4 cm³/mol. The van der Waals surface area contributed by atoms with Crippen molar-refractivity contribution >= 4 is 12.0 Å². The number of H-pyrrole nitrogens is 1. The number of ether oxygens (including phenoxy) is 1. The van der Waals surface area contributed by atoms with E-state index >= 15 is 4.39 Å². The van der Waals surface area contributed by atoms with E-state index < -0.39 is 0 Å². The van der Waals surface area contributed by atoms with Gasteiger partial charge in [0, 0.05) is 28.9 Å². The van der Waals surface area contributed by atoms with Crippen LogP contribution in [0.1, 0.15) is 38.2 Å². The van der Waals surface area contributed by atoms with Crippen molar-refractivity contribution in [1.82, 2.24) is 10.2 Å². The zero-order valence-corrected chi connectivity index (χ0v) is 14.3. The van der Waals surface area contributed by atoms with Gasteiger partial charge >= 0.3 is 0 Å². The molecule has 1 atom stereocenters. The minimum atomic E-state index is -0.305. The minimum absolute atomic E-state index is 0.128. The molecule has 2 heterocycles. The number of halogens is 1. The molecule has 1 aromatic carbocycles. The quantitative estimate of drug-likeness (QED) is 0.845. The number of nitrogens with one attached hydrogen (secondary N) is 1. The second-order valence-electron chi connectivity index (χ2n) is 6.93. The van der Waals surface area contributed by atoms with Gasteiger partial charge in [0.15, 0.2) is 0 Å². The highest BCUT2D eigenvalue weighted by molar-refractivity contribution is 5.79. The fourth-order valence-corrected chi connectivity index (χ4v) is 3.70. The molecule has 2 aliphatic rings. The minimum Gasteiger partial charge on any atom is -0.489 e. The summed E-state index contributed by atoms with van der Waals surface area (Å²) >= 11 is 0. The molecular formula is C19H22FN3O2. The topological polar surface area (TPSA) is 58.2 Å². The van der Waals surface area contributed by atoms with Crippen LogP contribution in [-0.4, -0.2) is 35.2 Å². The van der Waals surface area contributed by atoms with Crippen LogP contribution in [0, 0.1) is 5.82 Å². The SMILES string of the molecule is C[C@H]1CCc2c(OC3CCC3)c(-c3cn[nH]c3)cc(F)c2N1CC=O. The Bertz CT molecular complexity index is 771. The third-order valence-corrected chi connectivity index (χ3v) is 5.35. The Hall–Kier alpha value is -2.37. The van der Waals surface area contributed by atoms with Crippen LogP contribution in [-0.2, 0) is 11.2 Å². The largest absolute Gasteiger partial charge is 0.489 e. The summed E-state index contributed by atoms with van der Waals surface area (Å²) in [5.41, 5.74) is 2.95. The maximum atomic E-state index is 15.0. The second-order valence-corrected chi connectivity index (χ2v) is 6.93. The van der Waals surface area contributed by atoms with Gasteiger partial charge in [0.05, 0.1) is 24.5 Å². The van der Waals surface area contributed by atoms with Crippen molar-refractivity contribution in [3.05, 3.63) is 29.8 Å². The Balaban J connectivity index is 1.87. The number of anilines is 1. The van der Waals surface area contributed by atoms with E-state index in [1.807, 2.05) is 11.8 Å². The maximum Gasteiger partial charge on any atom is 0.147 e. The van der Waals surface area contributed by atoms with E-state index in [2.05, 4.69) is 10.2 Å². The molecule has 0 unspecified atom stereocenters. The van der Waals surface area contributed by atoms with Gasteiger partial charge in [-0.1, -0.05) is 0 Å². The summed E-state index contributed by atoms with van der Waals surface area (Å²) in [6, 6.07) is 1.65. The molecule has 0 radical (unpaired) electrons. The normalized spacial score (nSPS) is 20.1. The molecule has 0 saturated heterocycles. The van der Waals surface area contributed by atoms with E-state index in [-0.39, 0.29) is 24.5 Å². The summed E-state index contributed by atoms with van der Waals surface area (Å²) in [6.45, 7) is 2.22. The molecule has 1 aliphatic carbocycles. The fourth-order valence-electron chi connectivity index (χ4n) is 3.70. The van der Waals surface area contributed by atoms with E-state index in [9.17, 15) is 4.79 Å². The molecule has 6 heteroatoms. The first kappa shape index (κ1) is 16.1. The van der Waals surface area contributed by atoms with Crippen LogP contribution >= 0.6 is 0 Å². The first-order chi connectivity index (χ1) is 12.2. The van der Waals surface area contributed by atoms with Crippen LogP contribution in [0.25, 0.3) is 11.1 Å². The van der Waals surface area contributed by atoms with E-state index in [1.54, 1.807) is 12.4 Å². The van der Waals surface area contributed by atoms with E-state index in [0.29, 0.717) is 5.69 Å². The lowest BCUT2D eigenvalue weighted by Gasteiger charge is -2.38. The molecule has 1 fully saturated rings. The number of nitrogens with zero attached hydrogens (tertiary/aromatic N) is 2. The highest BCUT2D eigenvalue weighted by Gasteiger charge is 2.32. The molecule has 25 heavy (non-hydrogen) atoms. The van der Waals surface area contributed by atoms with Gasteiger partial charge in [0.1, 0.15) is 17.9 Å². The number of aromatic nitrogens is 2. The van der Waals surface area contributed by atoms with Gasteiger partial charge in [0.25, 0.3) is 0 Å². The molecule has 1 aliphatic heterocycles. The Labute approximate surface area is 146 Å². The molecule has 1 N–H and O–H groups in total. The first-order valence-electron chi connectivity index (χ1n) is 8.90. The summed E-state index contributed by atoms with van der Waals surface area (Å²) in [6.07, 6.45) is 9.32. The number of carbonyl (C=O) groups excluding carboxylic acids is 1. The van der Waals surface area contributed by atoms with Crippen molar-refractivity contribution in [3.63, 3.8) is 0 Å². The Kier molecular flexibility index (Phi) is 4.19. The predicted octanol–water partition coefficient (Wildman–Crippen LogP) is 3.49. The third-order valence-electron chi connectivity index (χ3n) is 5.35. The number of hydrogen-bond acceptors (Lipinski definition) is 4. The van der Waals surface area contributed by atoms with Gasteiger partial charge in [-0.05, 0) is 45.1 Å². The molecule has 0 amide bonds. The van der Waals surface area contributed by atoms with Crippen molar-refractivity contribution in [2.75, 3.05) is 11.4 Å². The number of carbonyl (C=O) groups is 1. The molecular weight excluding hydrogens is 321 g/mol. The summed E-state index contributed by atoms with van der Waals surface area (Å²) in [7, 11) is 0. The third kappa shape index (κ3) is 2.79. The summed E-state index contributed by atoms with van der Waals surface area (Å²) < 4.78 is 21.3. The Morgan fingerprint density at radius 2 is 2.28 bits per heavy atom. The molecule has 1 aromatic heterocycles. The van der Waals surface area contributed by atoms with Crippen molar-refractivity contribution < 1.29 is 13.9 Å². The smallest absolute Gasteiger partial charge is 0.147 e. The van der Waals surface area contributed by atoms with Gasteiger partial charge in [-0.2, -0.15) is 5.10 Å². The number of benzene rings is 1. The van der Waals surface area contributed by atoms with E-state index in [4.69, 9.17) is 4.74 Å². The number of hydrogen-bond donors (Lipinski definition) is 1. The number of rotatable bonds is 5. The van der Waals surface area contributed by atoms with Crippen LogP contribution < -0.4 is 9.64 Å². The second kappa shape index (κ2) is 6.50. The highest BCUT2D eigenvalue weighted by atomic mass is 19.1. The zero-order chi connectivity index (χ0) is 17.4. The lowest BCUT2D eigenvalue weighted by Crippen LogP contribution is -2.39. The molecule has 132 valence electrons. The van der Waals surface area contributed by atoms with Crippen LogP contribution in [0.3, 0.4) is 0 Å².